The van der Waals surface area contributed by atoms with Gasteiger partial charge in [-0.15, -0.1) is 0 Å². The number of morpholine rings is 1. The molecule has 32 heavy (non-hydrogen) atoms. The fourth-order valence-electron chi connectivity index (χ4n) is 4.99. The molecule has 2 heterocycles. The van der Waals surface area contributed by atoms with E-state index in [-0.39, 0.29) is 31.8 Å². The second-order valence-corrected chi connectivity index (χ2v) is 8.87. The minimum Gasteiger partial charge on any atom is -0.493 e. The standard InChI is InChI=1S/C23H31FN2O6/c24-21-22(29)26-23(14-32-21)10-11-25-19(23)13-31-16-7-5-15(6-8-16)17-3-1-2-4-18(17)30-12-9-20(27)28/h1-4,15-16,19,21,25H,5-14H2,(H,26,29)(H,27,28)/t15?,16?,19-,21?,23+/m0/s1. The lowest BCUT2D eigenvalue weighted by Gasteiger charge is -2.40. The quantitative estimate of drug-likeness (QED) is 0.557. The van der Waals surface area contributed by atoms with Crippen LogP contribution in [0.4, 0.5) is 4.39 Å². The van der Waals surface area contributed by atoms with Crippen LogP contribution in [-0.2, 0) is 19.1 Å². The molecule has 176 valence electrons. The summed E-state index contributed by atoms with van der Waals surface area (Å²) < 4.78 is 30.4. The highest BCUT2D eigenvalue weighted by Gasteiger charge is 2.49. The first-order chi connectivity index (χ1) is 15.5. The maximum atomic E-state index is 13.4. The third-order valence-electron chi connectivity index (χ3n) is 6.80. The summed E-state index contributed by atoms with van der Waals surface area (Å²) in [6, 6.07) is 7.72. The normalized spacial score (nSPS) is 32.6. The molecule has 0 aromatic heterocycles. The Morgan fingerprint density at radius 3 is 2.78 bits per heavy atom. The fourth-order valence-corrected chi connectivity index (χ4v) is 4.99. The number of halogens is 1. The number of para-hydroxylation sites is 1. The van der Waals surface area contributed by atoms with Crippen molar-refractivity contribution in [1.82, 2.24) is 10.6 Å². The van der Waals surface area contributed by atoms with Crippen molar-refractivity contribution in [2.45, 2.75) is 68.5 Å². The Bertz CT molecular complexity index is 815. The number of hydrogen-bond donors (Lipinski definition) is 3. The molecule has 3 atom stereocenters. The molecule has 3 N–H and O–H groups in total. The lowest BCUT2D eigenvalue weighted by Crippen LogP contribution is -2.65. The number of benzene rings is 1. The van der Waals surface area contributed by atoms with E-state index in [2.05, 4.69) is 16.7 Å². The molecule has 1 amide bonds. The number of aliphatic carboxylic acids is 1. The highest BCUT2D eigenvalue weighted by Crippen LogP contribution is 2.38. The van der Waals surface area contributed by atoms with Crippen LogP contribution in [-0.4, -0.2) is 67.4 Å². The first-order valence-corrected chi connectivity index (χ1v) is 11.3. The van der Waals surface area contributed by atoms with Crippen LogP contribution in [0, 0.1) is 0 Å². The fraction of sp³-hybridized carbons (Fsp3) is 0.652. The molecule has 3 fully saturated rings. The first-order valence-electron chi connectivity index (χ1n) is 11.3. The van der Waals surface area contributed by atoms with Gasteiger partial charge >= 0.3 is 5.97 Å². The molecular formula is C23H31FN2O6. The molecule has 9 heteroatoms. The van der Waals surface area contributed by atoms with Gasteiger partial charge < -0.3 is 30.0 Å². The number of ether oxygens (including phenoxy) is 3. The predicted molar refractivity (Wildman–Crippen MR) is 113 cm³/mol. The highest BCUT2D eigenvalue weighted by atomic mass is 19.1. The summed E-state index contributed by atoms with van der Waals surface area (Å²) in [6.07, 6.45) is 2.61. The van der Waals surface area contributed by atoms with Crippen LogP contribution in [0.3, 0.4) is 0 Å². The number of carboxylic acids is 1. The number of carboxylic acid groups (broad SMARTS) is 1. The van der Waals surface area contributed by atoms with Gasteiger partial charge in [0.15, 0.2) is 0 Å². The number of alkyl halides is 1. The van der Waals surface area contributed by atoms with Crippen molar-refractivity contribution in [3.05, 3.63) is 29.8 Å². The van der Waals surface area contributed by atoms with Crippen molar-refractivity contribution in [2.24, 2.45) is 0 Å². The van der Waals surface area contributed by atoms with E-state index in [1.165, 1.54) is 0 Å². The lowest BCUT2D eigenvalue weighted by molar-refractivity contribution is -0.164. The smallest absolute Gasteiger partial charge is 0.306 e. The van der Waals surface area contributed by atoms with Crippen LogP contribution >= 0.6 is 0 Å². The summed E-state index contributed by atoms with van der Waals surface area (Å²) in [5.41, 5.74) is 0.513. The van der Waals surface area contributed by atoms with Gasteiger partial charge in [-0.25, -0.2) is 4.39 Å². The average Bonchev–Trinajstić information content (AvgIpc) is 3.17. The van der Waals surface area contributed by atoms with Crippen molar-refractivity contribution in [3.63, 3.8) is 0 Å². The van der Waals surface area contributed by atoms with Gasteiger partial charge in [0.2, 0.25) is 0 Å². The Morgan fingerprint density at radius 1 is 1.25 bits per heavy atom. The van der Waals surface area contributed by atoms with E-state index >= 15 is 0 Å². The number of carbonyl (C=O) groups is 2. The van der Waals surface area contributed by atoms with Gasteiger partial charge in [-0.05, 0) is 56.2 Å². The van der Waals surface area contributed by atoms with Gasteiger partial charge in [0, 0.05) is 0 Å². The van der Waals surface area contributed by atoms with Crippen LogP contribution in [0.15, 0.2) is 24.3 Å². The summed E-state index contributed by atoms with van der Waals surface area (Å²) >= 11 is 0. The molecule has 1 aliphatic carbocycles. The number of carbonyl (C=O) groups excluding carboxylic acids is 1. The molecule has 1 aromatic carbocycles. The number of hydrogen-bond acceptors (Lipinski definition) is 6. The Labute approximate surface area is 186 Å². The van der Waals surface area contributed by atoms with E-state index in [4.69, 9.17) is 19.3 Å². The summed E-state index contributed by atoms with van der Waals surface area (Å²) in [7, 11) is 0. The highest BCUT2D eigenvalue weighted by molar-refractivity contribution is 5.81. The van der Waals surface area contributed by atoms with Crippen LogP contribution < -0.4 is 15.4 Å². The minimum atomic E-state index is -1.89. The third-order valence-corrected chi connectivity index (χ3v) is 6.80. The number of rotatable bonds is 8. The Morgan fingerprint density at radius 2 is 2.03 bits per heavy atom. The third kappa shape index (κ3) is 5.22. The van der Waals surface area contributed by atoms with Gasteiger partial charge in [-0.1, -0.05) is 18.2 Å². The average molecular weight is 451 g/mol. The molecule has 2 aliphatic heterocycles. The van der Waals surface area contributed by atoms with Crippen molar-refractivity contribution in [3.8, 4) is 5.75 Å². The maximum absolute atomic E-state index is 13.4. The van der Waals surface area contributed by atoms with Gasteiger partial charge in [0.1, 0.15) is 5.75 Å². The van der Waals surface area contributed by atoms with Crippen LogP contribution in [0.1, 0.15) is 50.0 Å². The Kier molecular flexibility index (Phi) is 7.27. The molecule has 1 saturated carbocycles. The zero-order chi connectivity index (χ0) is 22.6. The topological polar surface area (TPSA) is 106 Å². The summed E-state index contributed by atoms with van der Waals surface area (Å²) in [5, 5.41) is 15.0. The second-order valence-electron chi connectivity index (χ2n) is 8.87. The molecule has 1 aromatic rings. The van der Waals surface area contributed by atoms with Crippen LogP contribution in [0.25, 0.3) is 0 Å². The Balaban J connectivity index is 1.27. The number of amides is 1. The Hall–Kier alpha value is -2.23. The molecule has 4 rings (SSSR count). The van der Waals surface area contributed by atoms with Gasteiger partial charge in [0.05, 0.1) is 43.9 Å². The van der Waals surface area contributed by atoms with E-state index in [1.54, 1.807) is 0 Å². The molecular weight excluding hydrogens is 419 g/mol. The van der Waals surface area contributed by atoms with Crippen molar-refractivity contribution in [1.29, 1.82) is 0 Å². The molecule has 2 saturated heterocycles. The zero-order valence-electron chi connectivity index (χ0n) is 18.1. The van der Waals surface area contributed by atoms with Gasteiger partial charge in [-0.3, -0.25) is 9.59 Å². The van der Waals surface area contributed by atoms with E-state index in [9.17, 15) is 14.0 Å². The summed E-state index contributed by atoms with van der Waals surface area (Å²) in [4.78, 5) is 22.5. The summed E-state index contributed by atoms with van der Waals surface area (Å²) in [6.45, 7) is 1.46. The zero-order valence-corrected chi connectivity index (χ0v) is 18.1. The SMILES string of the molecule is O=C(O)CCOc1ccccc1C1CCC(OC[C@@H]2NCC[C@@]23COC(F)C(=O)N3)CC1. The van der Waals surface area contributed by atoms with E-state index in [1.807, 2.05) is 18.2 Å². The second kappa shape index (κ2) is 10.1. The number of nitrogens with one attached hydrogen (secondary N) is 2. The van der Waals surface area contributed by atoms with Gasteiger partial charge in [-0.2, -0.15) is 0 Å². The van der Waals surface area contributed by atoms with Gasteiger partial charge in [0.25, 0.3) is 12.3 Å². The van der Waals surface area contributed by atoms with Crippen molar-refractivity contribution < 1.29 is 33.3 Å². The minimum absolute atomic E-state index is 0.0247. The van der Waals surface area contributed by atoms with Crippen LogP contribution in [0.2, 0.25) is 0 Å². The van der Waals surface area contributed by atoms with E-state index in [0.29, 0.717) is 18.9 Å². The molecule has 0 radical (unpaired) electrons. The molecule has 1 unspecified atom stereocenters. The maximum Gasteiger partial charge on any atom is 0.306 e. The van der Waals surface area contributed by atoms with Crippen molar-refractivity contribution >= 4 is 11.9 Å². The largest absolute Gasteiger partial charge is 0.493 e. The van der Waals surface area contributed by atoms with E-state index in [0.717, 1.165) is 43.5 Å². The van der Waals surface area contributed by atoms with Crippen LogP contribution in [0.5, 0.6) is 5.75 Å². The first kappa shape index (κ1) is 22.9. The molecule has 3 aliphatic rings. The van der Waals surface area contributed by atoms with Crippen molar-refractivity contribution in [2.75, 3.05) is 26.4 Å². The molecule has 0 bridgehead atoms. The predicted octanol–water partition coefficient (Wildman–Crippen LogP) is 2.13. The summed E-state index contributed by atoms with van der Waals surface area (Å²) in [5.74, 6) is -0.481. The molecule has 1 spiro atoms. The molecule has 8 nitrogen and oxygen atoms in total. The monoisotopic (exact) mass is 450 g/mol. The lowest BCUT2D eigenvalue weighted by atomic mass is 9.82. The van der Waals surface area contributed by atoms with E-state index < -0.39 is 23.8 Å².